The van der Waals surface area contributed by atoms with Crippen molar-refractivity contribution in [2.75, 3.05) is 5.73 Å². The third-order valence-corrected chi connectivity index (χ3v) is 2.52. The Labute approximate surface area is 104 Å². The van der Waals surface area contributed by atoms with Crippen LogP contribution in [0.5, 0.6) is 11.6 Å². The van der Waals surface area contributed by atoms with Crippen LogP contribution in [0.25, 0.3) is 11.0 Å². The normalized spacial score (nSPS) is 10.4. The molecule has 18 heavy (non-hydrogen) atoms. The molecule has 0 amide bonds. The number of nitrogen functional groups attached to an aromatic ring is 1. The summed E-state index contributed by atoms with van der Waals surface area (Å²) in [5, 5.41) is 0. The van der Waals surface area contributed by atoms with E-state index in [0.717, 1.165) is 11.0 Å². The maximum absolute atomic E-state index is 5.84. The standard InChI is InChI=1S/C14H11N3O/c15-13-14(18-10-6-2-1-3-7-10)17-12-9-5-4-8-11(12)16-13/h1-9H,(H2,15,16). The van der Waals surface area contributed by atoms with Crippen molar-refractivity contribution in [1.82, 2.24) is 9.97 Å². The highest BCUT2D eigenvalue weighted by atomic mass is 16.5. The zero-order valence-corrected chi connectivity index (χ0v) is 9.58. The van der Waals surface area contributed by atoms with Crippen LogP contribution in [0.15, 0.2) is 54.6 Å². The van der Waals surface area contributed by atoms with Crippen molar-refractivity contribution in [3.05, 3.63) is 54.6 Å². The number of para-hydroxylation sites is 3. The van der Waals surface area contributed by atoms with E-state index in [1.165, 1.54) is 0 Å². The van der Waals surface area contributed by atoms with Crippen molar-refractivity contribution in [2.24, 2.45) is 0 Å². The van der Waals surface area contributed by atoms with Crippen molar-refractivity contribution in [2.45, 2.75) is 0 Å². The van der Waals surface area contributed by atoms with Crippen LogP contribution in [0.1, 0.15) is 0 Å². The Kier molecular flexibility index (Phi) is 2.53. The second kappa shape index (κ2) is 4.33. The van der Waals surface area contributed by atoms with Crippen molar-refractivity contribution < 1.29 is 4.74 Å². The molecule has 0 saturated carbocycles. The molecule has 2 N–H and O–H groups in total. The molecule has 88 valence electrons. The number of aromatic nitrogens is 2. The largest absolute Gasteiger partial charge is 0.436 e. The minimum Gasteiger partial charge on any atom is -0.436 e. The van der Waals surface area contributed by atoms with Crippen LogP contribution >= 0.6 is 0 Å². The minimum atomic E-state index is 0.289. The summed E-state index contributed by atoms with van der Waals surface area (Å²) in [4.78, 5) is 8.62. The summed E-state index contributed by atoms with van der Waals surface area (Å²) in [6.45, 7) is 0. The van der Waals surface area contributed by atoms with E-state index in [1.807, 2.05) is 54.6 Å². The fourth-order valence-electron chi connectivity index (χ4n) is 1.67. The van der Waals surface area contributed by atoms with E-state index in [0.29, 0.717) is 11.6 Å². The van der Waals surface area contributed by atoms with Gasteiger partial charge in [-0.1, -0.05) is 30.3 Å². The fraction of sp³-hybridized carbons (Fsp3) is 0. The first-order valence-electron chi connectivity index (χ1n) is 5.58. The summed E-state index contributed by atoms with van der Waals surface area (Å²) in [5.74, 6) is 1.31. The Balaban J connectivity index is 2.04. The first-order chi connectivity index (χ1) is 8.83. The van der Waals surface area contributed by atoms with E-state index in [9.17, 15) is 0 Å². The molecule has 0 bridgehead atoms. The van der Waals surface area contributed by atoms with E-state index in [1.54, 1.807) is 0 Å². The molecule has 0 unspecified atom stereocenters. The quantitative estimate of drug-likeness (QED) is 0.744. The van der Waals surface area contributed by atoms with Crippen molar-refractivity contribution >= 4 is 16.9 Å². The van der Waals surface area contributed by atoms with Gasteiger partial charge < -0.3 is 10.5 Å². The van der Waals surface area contributed by atoms with Gasteiger partial charge in [0.25, 0.3) is 5.88 Å². The fourth-order valence-corrected chi connectivity index (χ4v) is 1.67. The molecular formula is C14H11N3O. The first kappa shape index (κ1) is 10.5. The summed E-state index contributed by atoms with van der Waals surface area (Å²) in [7, 11) is 0. The lowest BCUT2D eigenvalue weighted by Gasteiger charge is -2.07. The zero-order valence-electron chi connectivity index (χ0n) is 9.58. The van der Waals surface area contributed by atoms with Gasteiger partial charge in [-0.15, -0.1) is 0 Å². The molecule has 0 spiro atoms. The Morgan fingerprint density at radius 2 is 1.39 bits per heavy atom. The second-order valence-corrected chi connectivity index (χ2v) is 3.82. The van der Waals surface area contributed by atoms with Gasteiger partial charge in [0.2, 0.25) is 0 Å². The van der Waals surface area contributed by atoms with Gasteiger partial charge in [-0.25, -0.2) is 9.97 Å². The topological polar surface area (TPSA) is 61.0 Å². The third kappa shape index (κ3) is 1.96. The Hall–Kier alpha value is -2.62. The van der Waals surface area contributed by atoms with E-state index in [2.05, 4.69) is 9.97 Å². The van der Waals surface area contributed by atoms with E-state index in [4.69, 9.17) is 10.5 Å². The second-order valence-electron chi connectivity index (χ2n) is 3.82. The van der Waals surface area contributed by atoms with E-state index in [-0.39, 0.29) is 5.82 Å². The van der Waals surface area contributed by atoms with Crippen molar-refractivity contribution in [1.29, 1.82) is 0 Å². The Morgan fingerprint density at radius 1 is 0.778 bits per heavy atom. The average Bonchev–Trinajstić information content (AvgIpc) is 2.41. The Morgan fingerprint density at radius 3 is 2.11 bits per heavy atom. The van der Waals surface area contributed by atoms with Gasteiger partial charge in [0.1, 0.15) is 5.75 Å². The predicted octanol–water partition coefficient (Wildman–Crippen LogP) is 3.00. The third-order valence-electron chi connectivity index (χ3n) is 2.52. The van der Waals surface area contributed by atoms with Crippen LogP contribution in [0.2, 0.25) is 0 Å². The van der Waals surface area contributed by atoms with Crippen LogP contribution in [-0.4, -0.2) is 9.97 Å². The molecule has 0 fully saturated rings. The lowest BCUT2D eigenvalue weighted by atomic mass is 10.3. The molecule has 4 heteroatoms. The molecule has 0 radical (unpaired) electrons. The maximum Gasteiger partial charge on any atom is 0.263 e. The molecule has 3 aromatic rings. The number of anilines is 1. The highest BCUT2D eigenvalue weighted by molar-refractivity contribution is 5.76. The van der Waals surface area contributed by atoms with Gasteiger partial charge in [-0.3, -0.25) is 0 Å². The van der Waals surface area contributed by atoms with Crippen LogP contribution in [0.4, 0.5) is 5.82 Å². The van der Waals surface area contributed by atoms with Gasteiger partial charge in [0.15, 0.2) is 5.82 Å². The van der Waals surface area contributed by atoms with Crippen LogP contribution in [0, 0.1) is 0 Å². The summed E-state index contributed by atoms with van der Waals surface area (Å²) in [6.07, 6.45) is 0. The summed E-state index contributed by atoms with van der Waals surface area (Å²) in [5.41, 5.74) is 7.36. The van der Waals surface area contributed by atoms with Crippen molar-refractivity contribution in [3.63, 3.8) is 0 Å². The number of nitrogens with zero attached hydrogens (tertiary/aromatic N) is 2. The summed E-state index contributed by atoms with van der Waals surface area (Å²) >= 11 is 0. The van der Waals surface area contributed by atoms with Gasteiger partial charge in [0, 0.05) is 0 Å². The number of fused-ring (bicyclic) bond motifs is 1. The van der Waals surface area contributed by atoms with Crippen molar-refractivity contribution in [3.8, 4) is 11.6 Å². The molecular weight excluding hydrogens is 226 g/mol. The SMILES string of the molecule is Nc1nc2ccccc2nc1Oc1ccccc1. The zero-order chi connectivity index (χ0) is 12.4. The summed E-state index contributed by atoms with van der Waals surface area (Å²) in [6, 6.07) is 16.9. The molecule has 0 aliphatic rings. The minimum absolute atomic E-state index is 0.289. The number of hydrogen-bond donors (Lipinski definition) is 1. The average molecular weight is 237 g/mol. The maximum atomic E-state index is 5.84. The van der Waals surface area contributed by atoms with Gasteiger partial charge in [-0.05, 0) is 24.3 Å². The summed E-state index contributed by atoms with van der Waals surface area (Å²) < 4.78 is 5.62. The molecule has 1 heterocycles. The molecule has 1 aromatic heterocycles. The molecule has 0 saturated heterocycles. The highest BCUT2D eigenvalue weighted by Crippen LogP contribution is 2.25. The van der Waals surface area contributed by atoms with Gasteiger partial charge in [-0.2, -0.15) is 0 Å². The van der Waals surface area contributed by atoms with Gasteiger partial charge >= 0.3 is 0 Å². The smallest absolute Gasteiger partial charge is 0.263 e. The van der Waals surface area contributed by atoms with Crippen LogP contribution < -0.4 is 10.5 Å². The van der Waals surface area contributed by atoms with E-state index < -0.39 is 0 Å². The van der Waals surface area contributed by atoms with Crippen LogP contribution in [-0.2, 0) is 0 Å². The van der Waals surface area contributed by atoms with Crippen LogP contribution in [0.3, 0.4) is 0 Å². The lowest BCUT2D eigenvalue weighted by molar-refractivity contribution is 0.466. The highest BCUT2D eigenvalue weighted by Gasteiger charge is 2.07. The number of benzene rings is 2. The van der Waals surface area contributed by atoms with Gasteiger partial charge in [0.05, 0.1) is 11.0 Å². The number of hydrogen-bond acceptors (Lipinski definition) is 4. The Bertz CT molecular complexity index is 683. The number of rotatable bonds is 2. The molecule has 2 aromatic carbocycles. The lowest BCUT2D eigenvalue weighted by Crippen LogP contribution is -1.98. The van der Waals surface area contributed by atoms with E-state index >= 15 is 0 Å². The number of ether oxygens (including phenoxy) is 1. The monoisotopic (exact) mass is 237 g/mol. The molecule has 0 aliphatic heterocycles. The number of nitrogens with two attached hydrogens (primary N) is 1. The predicted molar refractivity (Wildman–Crippen MR) is 70.5 cm³/mol. The first-order valence-corrected chi connectivity index (χ1v) is 5.58. The molecule has 0 aliphatic carbocycles. The molecule has 4 nitrogen and oxygen atoms in total. The molecule has 0 atom stereocenters. The molecule has 3 rings (SSSR count).